The number of nitrogens with zero attached hydrogens (tertiary/aromatic N) is 3. The number of amides is 1. The van der Waals surface area contributed by atoms with E-state index in [-0.39, 0.29) is 18.6 Å². The first-order chi connectivity index (χ1) is 13.6. The quantitative estimate of drug-likeness (QED) is 0.694. The van der Waals surface area contributed by atoms with Gasteiger partial charge < -0.3 is 18.9 Å². The van der Waals surface area contributed by atoms with Gasteiger partial charge in [-0.3, -0.25) is 4.79 Å². The van der Waals surface area contributed by atoms with Gasteiger partial charge in [0.05, 0.1) is 5.92 Å². The highest BCUT2D eigenvalue weighted by molar-refractivity contribution is 5.96. The Bertz CT molecular complexity index is 1060. The number of anilines is 1. The minimum atomic E-state index is -0.122. The molecule has 1 atom stereocenters. The number of fused-ring (bicyclic) bond motifs is 1. The molecule has 1 aromatic heterocycles. The first kappa shape index (κ1) is 16.8. The predicted molar refractivity (Wildman–Crippen MR) is 101 cm³/mol. The Balaban J connectivity index is 1.38. The summed E-state index contributed by atoms with van der Waals surface area (Å²) in [7, 11) is 0. The Morgan fingerprint density at radius 2 is 1.82 bits per heavy atom. The third-order valence-corrected chi connectivity index (χ3v) is 5.06. The molecular weight excluding hydrogens is 358 g/mol. The van der Waals surface area contributed by atoms with Crippen molar-refractivity contribution in [3.05, 3.63) is 53.4 Å². The van der Waals surface area contributed by atoms with Crippen LogP contribution in [0.5, 0.6) is 11.5 Å². The van der Waals surface area contributed by atoms with E-state index in [0.717, 1.165) is 22.4 Å². The standard InChI is InChI=1S/C21H19N3O4/c1-12-5-13(2)7-16(6-12)24-10-15(9-19(24)25)21-22-20(23-28-21)14-3-4-17-18(8-14)27-11-26-17/h3-8,15H,9-11H2,1-2H3. The lowest BCUT2D eigenvalue weighted by Crippen LogP contribution is -2.24. The second-order valence-electron chi connectivity index (χ2n) is 7.28. The lowest BCUT2D eigenvalue weighted by Gasteiger charge is -2.17. The molecule has 5 rings (SSSR count). The molecule has 142 valence electrons. The van der Waals surface area contributed by atoms with Crippen molar-refractivity contribution in [2.75, 3.05) is 18.2 Å². The molecule has 0 radical (unpaired) electrons. The zero-order valence-electron chi connectivity index (χ0n) is 15.6. The minimum Gasteiger partial charge on any atom is -0.454 e. The summed E-state index contributed by atoms with van der Waals surface area (Å²) in [5.41, 5.74) is 3.97. The third kappa shape index (κ3) is 2.89. The van der Waals surface area contributed by atoms with Gasteiger partial charge in [0.25, 0.3) is 0 Å². The van der Waals surface area contributed by atoms with Gasteiger partial charge in [-0.2, -0.15) is 4.98 Å². The fraction of sp³-hybridized carbons (Fsp3) is 0.286. The number of rotatable bonds is 3. The van der Waals surface area contributed by atoms with Crippen LogP contribution in [0.3, 0.4) is 0 Å². The van der Waals surface area contributed by atoms with Crippen LogP contribution in [-0.2, 0) is 4.79 Å². The van der Waals surface area contributed by atoms with Gasteiger partial charge in [0.2, 0.25) is 24.4 Å². The van der Waals surface area contributed by atoms with E-state index in [0.29, 0.717) is 36.2 Å². The molecule has 0 N–H and O–H groups in total. The first-order valence-electron chi connectivity index (χ1n) is 9.19. The molecule has 0 spiro atoms. The highest BCUT2D eigenvalue weighted by Gasteiger charge is 2.35. The maximum Gasteiger partial charge on any atom is 0.232 e. The second kappa shape index (κ2) is 6.37. The van der Waals surface area contributed by atoms with Crippen molar-refractivity contribution in [3.63, 3.8) is 0 Å². The third-order valence-electron chi connectivity index (χ3n) is 5.06. The van der Waals surface area contributed by atoms with E-state index in [1.54, 1.807) is 4.90 Å². The molecule has 28 heavy (non-hydrogen) atoms. The Morgan fingerprint density at radius 3 is 2.64 bits per heavy atom. The maximum atomic E-state index is 12.6. The number of carbonyl (C=O) groups excluding carboxylic acids is 1. The van der Waals surface area contributed by atoms with Gasteiger partial charge in [0.15, 0.2) is 11.5 Å². The predicted octanol–water partition coefficient (Wildman–Crippen LogP) is 3.60. The summed E-state index contributed by atoms with van der Waals surface area (Å²) in [6.07, 6.45) is 0.357. The van der Waals surface area contributed by atoms with Crippen LogP contribution < -0.4 is 14.4 Å². The zero-order valence-corrected chi connectivity index (χ0v) is 15.6. The normalized spacial score (nSPS) is 18.1. The fourth-order valence-corrected chi connectivity index (χ4v) is 3.78. The molecule has 1 fully saturated rings. The van der Waals surface area contributed by atoms with Crippen molar-refractivity contribution >= 4 is 11.6 Å². The molecule has 2 aromatic carbocycles. The Morgan fingerprint density at radius 1 is 1.04 bits per heavy atom. The summed E-state index contributed by atoms with van der Waals surface area (Å²) in [4.78, 5) is 18.9. The van der Waals surface area contributed by atoms with Crippen molar-refractivity contribution in [2.45, 2.75) is 26.2 Å². The van der Waals surface area contributed by atoms with Crippen LogP contribution in [0, 0.1) is 13.8 Å². The van der Waals surface area contributed by atoms with Gasteiger partial charge >= 0.3 is 0 Å². The minimum absolute atomic E-state index is 0.0674. The molecule has 0 aliphatic carbocycles. The highest BCUT2D eigenvalue weighted by Crippen LogP contribution is 2.36. The number of benzene rings is 2. The van der Waals surface area contributed by atoms with E-state index in [4.69, 9.17) is 14.0 Å². The van der Waals surface area contributed by atoms with Crippen LogP contribution in [-0.4, -0.2) is 29.4 Å². The summed E-state index contributed by atoms with van der Waals surface area (Å²) < 4.78 is 16.2. The Hall–Kier alpha value is -3.35. The Labute approximate surface area is 161 Å². The van der Waals surface area contributed by atoms with Gasteiger partial charge in [-0.25, -0.2) is 0 Å². The van der Waals surface area contributed by atoms with Crippen molar-refractivity contribution < 1.29 is 18.8 Å². The van der Waals surface area contributed by atoms with Gasteiger partial charge in [-0.15, -0.1) is 0 Å². The van der Waals surface area contributed by atoms with E-state index in [1.807, 2.05) is 44.2 Å². The molecule has 0 bridgehead atoms. The molecule has 1 amide bonds. The van der Waals surface area contributed by atoms with Crippen molar-refractivity contribution in [1.29, 1.82) is 0 Å². The smallest absolute Gasteiger partial charge is 0.232 e. The lowest BCUT2D eigenvalue weighted by atomic mass is 10.1. The van der Waals surface area contributed by atoms with Crippen LogP contribution in [0.2, 0.25) is 0 Å². The number of carbonyl (C=O) groups is 1. The lowest BCUT2D eigenvalue weighted by molar-refractivity contribution is -0.117. The van der Waals surface area contributed by atoms with E-state index in [1.165, 1.54) is 0 Å². The SMILES string of the molecule is Cc1cc(C)cc(N2CC(c3nc(-c4ccc5c(c4)OCO5)no3)CC2=O)c1. The topological polar surface area (TPSA) is 77.7 Å². The summed E-state index contributed by atoms with van der Waals surface area (Å²) in [5, 5.41) is 4.10. The summed E-state index contributed by atoms with van der Waals surface area (Å²) in [6, 6.07) is 11.7. The summed E-state index contributed by atoms with van der Waals surface area (Å²) in [6.45, 7) is 4.81. The molecule has 2 aliphatic rings. The summed E-state index contributed by atoms with van der Waals surface area (Å²) >= 11 is 0. The molecule has 7 nitrogen and oxygen atoms in total. The van der Waals surface area contributed by atoms with Crippen LogP contribution in [0.25, 0.3) is 11.4 Å². The number of aryl methyl sites for hydroxylation is 2. The molecule has 3 heterocycles. The summed E-state index contributed by atoms with van der Waals surface area (Å²) in [5.74, 6) is 2.28. The van der Waals surface area contributed by atoms with Crippen molar-refractivity contribution in [1.82, 2.24) is 10.1 Å². The van der Waals surface area contributed by atoms with Crippen molar-refractivity contribution in [2.24, 2.45) is 0 Å². The average Bonchev–Trinajstić information content (AvgIpc) is 3.39. The van der Waals surface area contributed by atoms with E-state index in [2.05, 4.69) is 16.2 Å². The molecule has 7 heteroatoms. The van der Waals surface area contributed by atoms with Crippen LogP contribution in [0.1, 0.15) is 29.4 Å². The molecule has 3 aromatic rings. The van der Waals surface area contributed by atoms with E-state index in [9.17, 15) is 4.79 Å². The molecule has 2 aliphatic heterocycles. The van der Waals surface area contributed by atoms with Gasteiger partial charge in [-0.1, -0.05) is 11.2 Å². The average molecular weight is 377 g/mol. The van der Waals surface area contributed by atoms with Gasteiger partial charge in [0, 0.05) is 24.2 Å². The molecule has 0 saturated carbocycles. The number of aromatic nitrogens is 2. The Kier molecular flexibility index (Phi) is 3.82. The maximum absolute atomic E-state index is 12.6. The molecular formula is C21H19N3O4. The second-order valence-corrected chi connectivity index (χ2v) is 7.28. The van der Waals surface area contributed by atoms with Gasteiger partial charge in [0.1, 0.15) is 0 Å². The van der Waals surface area contributed by atoms with Crippen LogP contribution in [0.15, 0.2) is 40.9 Å². The molecule has 1 saturated heterocycles. The number of hydrogen-bond donors (Lipinski definition) is 0. The van der Waals surface area contributed by atoms with Crippen molar-refractivity contribution in [3.8, 4) is 22.9 Å². The zero-order chi connectivity index (χ0) is 19.3. The monoisotopic (exact) mass is 377 g/mol. The largest absolute Gasteiger partial charge is 0.454 e. The van der Waals surface area contributed by atoms with Crippen LogP contribution in [0.4, 0.5) is 5.69 Å². The van der Waals surface area contributed by atoms with E-state index >= 15 is 0 Å². The number of ether oxygens (including phenoxy) is 2. The molecule has 1 unspecified atom stereocenters. The van der Waals surface area contributed by atoms with Crippen LogP contribution >= 0.6 is 0 Å². The fourth-order valence-electron chi connectivity index (χ4n) is 3.78. The van der Waals surface area contributed by atoms with Gasteiger partial charge in [-0.05, 0) is 55.3 Å². The first-order valence-corrected chi connectivity index (χ1v) is 9.19. The number of hydrogen-bond acceptors (Lipinski definition) is 6. The van der Waals surface area contributed by atoms with E-state index < -0.39 is 0 Å². The highest BCUT2D eigenvalue weighted by atomic mass is 16.7.